The van der Waals surface area contributed by atoms with Crippen molar-refractivity contribution in [1.82, 2.24) is 10.6 Å². The first kappa shape index (κ1) is 21.0. The predicted octanol–water partition coefficient (Wildman–Crippen LogP) is 4.69. The van der Waals surface area contributed by atoms with Crippen LogP contribution in [0.2, 0.25) is 0 Å². The van der Waals surface area contributed by atoms with Gasteiger partial charge in [0, 0.05) is 18.7 Å². The molecule has 0 unspecified atom stereocenters. The van der Waals surface area contributed by atoms with Crippen LogP contribution in [-0.4, -0.2) is 24.9 Å². The highest BCUT2D eigenvalue weighted by Gasteiger charge is 2.04. The van der Waals surface area contributed by atoms with Gasteiger partial charge >= 0.3 is 0 Å². The van der Waals surface area contributed by atoms with E-state index in [1.54, 1.807) is 24.3 Å². The highest BCUT2D eigenvalue weighted by Crippen LogP contribution is 2.18. The summed E-state index contributed by atoms with van der Waals surface area (Å²) in [5.74, 6) is -0.232. The molecule has 0 spiro atoms. The molecule has 0 aliphatic carbocycles. The van der Waals surface area contributed by atoms with Crippen molar-refractivity contribution in [2.75, 3.05) is 13.1 Å². The van der Waals surface area contributed by atoms with E-state index in [9.17, 15) is 9.59 Å². The molecular weight excluding hydrogens is 352 g/mol. The van der Waals surface area contributed by atoms with Crippen molar-refractivity contribution in [3.05, 3.63) is 72.8 Å². The quantitative estimate of drug-likeness (QED) is 0.338. The number of carbonyl (C=O) groups is 2. The second-order valence-corrected chi connectivity index (χ2v) is 6.25. The minimum atomic E-state index is -0.139. The number of hydrogen-bond donors (Lipinski definition) is 2. The summed E-state index contributed by atoms with van der Waals surface area (Å²) in [5, 5.41) is 14.0. The minimum Gasteiger partial charge on any atom is -0.353 e. The van der Waals surface area contributed by atoms with Crippen molar-refractivity contribution in [2.24, 2.45) is 10.2 Å². The molecule has 0 atom stereocenters. The molecule has 6 heteroatoms. The van der Waals surface area contributed by atoms with E-state index in [0.717, 1.165) is 31.4 Å². The number of carbonyl (C=O) groups excluding carboxylic acids is 2. The molecule has 2 N–H and O–H groups in total. The van der Waals surface area contributed by atoms with Crippen LogP contribution in [0.3, 0.4) is 0 Å². The van der Waals surface area contributed by atoms with E-state index in [4.69, 9.17) is 0 Å². The molecule has 0 aliphatic rings. The van der Waals surface area contributed by atoms with Gasteiger partial charge in [0.15, 0.2) is 0 Å². The van der Waals surface area contributed by atoms with Crippen LogP contribution in [0, 0.1) is 0 Å². The number of hydrogen-bond acceptors (Lipinski definition) is 4. The number of benzene rings is 2. The first-order valence-corrected chi connectivity index (χ1v) is 9.44. The summed E-state index contributed by atoms with van der Waals surface area (Å²) in [4.78, 5) is 23.1. The van der Waals surface area contributed by atoms with Crippen molar-refractivity contribution in [2.45, 2.75) is 25.7 Å². The molecular formula is C22H26N4O2. The smallest absolute Gasteiger partial charge is 0.251 e. The number of nitrogens with zero attached hydrogens (tertiary/aromatic N) is 2. The maximum absolute atomic E-state index is 12.2. The fraction of sp³-hybridized carbons (Fsp3) is 0.273. The van der Waals surface area contributed by atoms with Crippen LogP contribution in [0.4, 0.5) is 11.4 Å². The Balaban J connectivity index is 1.64. The Bertz CT molecular complexity index is 786. The molecule has 2 amide bonds. The van der Waals surface area contributed by atoms with Crippen LogP contribution in [0.25, 0.3) is 0 Å². The lowest BCUT2D eigenvalue weighted by molar-refractivity contribution is -0.116. The fourth-order valence-electron chi connectivity index (χ4n) is 2.48. The van der Waals surface area contributed by atoms with Gasteiger partial charge in [-0.15, -0.1) is 0 Å². The molecule has 146 valence electrons. The number of amides is 2. The van der Waals surface area contributed by atoms with Crippen molar-refractivity contribution < 1.29 is 9.59 Å². The Morgan fingerprint density at radius 2 is 1.36 bits per heavy atom. The van der Waals surface area contributed by atoms with Crippen molar-refractivity contribution in [3.8, 4) is 0 Å². The van der Waals surface area contributed by atoms with Gasteiger partial charge in [0.1, 0.15) is 0 Å². The Kier molecular flexibility index (Phi) is 9.14. The first-order chi connectivity index (χ1) is 13.7. The van der Waals surface area contributed by atoms with Crippen LogP contribution in [0.1, 0.15) is 36.0 Å². The molecule has 6 nitrogen and oxygen atoms in total. The molecule has 2 aromatic carbocycles. The molecule has 0 saturated carbocycles. The van der Waals surface area contributed by atoms with Crippen LogP contribution in [0.15, 0.2) is 77.5 Å². The summed E-state index contributed by atoms with van der Waals surface area (Å²) in [6.07, 6.45) is 5.11. The number of nitrogens with one attached hydrogen (secondary N) is 2. The van der Waals surface area contributed by atoms with Crippen LogP contribution in [0.5, 0.6) is 0 Å². The first-order valence-electron chi connectivity index (χ1n) is 9.44. The topological polar surface area (TPSA) is 82.9 Å². The highest BCUT2D eigenvalue weighted by molar-refractivity contribution is 5.94. The average Bonchev–Trinajstić information content (AvgIpc) is 2.74. The van der Waals surface area contributed by atoms with E-state index >= 15 is 0 Å². The predicted molar refractivity (Wildman–Crippen MR) is 111 cm³/mol. The van der Waals surface area contributed by atoms with E-state index < -0.39 is 0 Å². The van der Waals surface area contributed by atoms with E-state index in [0.29, 0.717) is 24.3 Å². The summed E-state index contributed by atoms with van der Waals surface area (Å²) in [5.41, 5.74) is 2.09. The maximum atomic E-state index is 12.2. The molecule has 28 heavy (non-hydrogen) atoms. The fourth-order valence-corrected chi connectivity index (χ4v) is 2.48. The van der Waals surface area contributed by atoms with Crippen molar-refractivity contribution in [1.29, 1.82) is 0 Å². The van der Waals surface area contributed by atoms with Gasteiger partial charge in [0.2, 0.25) is 5.91 Å². The van der Waals surface area contributed by atoms with Crippen LogP contribution in [-0.2, 0) is 4.79 Å². The van der Waals surface area contributed by atoms with Gasteiger partial charge in [-0.2, -0.15) is 10.2 Å². The lowest BCUT2D eigenvalue weighted by atomic mass is 10.1. The molecule has 2 rings (SSSR count). The summed E-state index contributed by atoms with van der Waals surface area (Å²) >= 11 is 0. The molecule has 2 aromatic rings. The van der Waals surface area contributed by atoms with Gasteiger partial charge in [-0.05, 0) is 55.3 Å². The third kappa shape index (κ3) is 7.95. The number of unbranched alkanes of at least 4 members (excludes halogenated alkanes) is 3. The maximum Gasteiger partial charge on any atom is 0.251 e. The molecule has 0 aliphatic heterocycles. The van der Waals surface area contributed by atoms with Crippen LogP contribution < -0.4 is 10.6 Å². The zero-order chi connectivity index (χ0) is 20.0. The van der Waals surface area contributed by atoms with Gasteiger partial charge in [-0.3, -0.25) is 9.59 Å². The standard InChI is InChI=1S/C22H26N4O2/c1-2-21(27)23-16-8-3-4-9-17-24-22(28)18-12-14-20(15-13-18)26-25-19-10-6-5-7-11-19/h2,5-7,10-15H,1,3-4,8-9,16-17H2,(H,23,27)(H,24,28). The molecule has 0 fully saturated rings. The summed E-state index contributed by atoms with van der Waals surface area (Å²) in [6.45, 7) is 4.70. The van der Waals surface area contributed by atoms with Gasteiger partial charge in [0.25, 0.3) is 5.91 Å². The van der Waals surface area contributed by atoms with Gasteiger partial charge < -0.3 is 10.6 Å². The largest absolute Gasteiger partial charge is 0.353 e. The average molecular weight is 378 g/mol. The lowest BCUT2D eigenvalue weighted by Gasteiger charge is -2.06. The van der Waals surface area contributed by atoms with Gasteiger partial charge in [-0.1, -0.05) is 37.6 Å². The summed E-state index contributed by atoms with van der Waals surface area (Å²) in [7, 11) is 0. The van der Waals surface area contributed by atoms with E-state index in [1.165, 1.54) is 6.08 Å². The van der Waals surface area contributed by atoms with Crippen molar-refractivity contribution in [3.63, 3.8) is 0 Å². The van der Waals surface area contributed by atoms with E-state index in [-0.39, 0.29) is 11.8 Å². The Morgan fingerprint density at radius 1 is 0.786 bits per heavy atom. The second-order valence-electron chi connectivity index (χ2n) is 6.25. The Morgan fingerprint density at radius 3 is 1.96 bits per heavy atom. The minimum absolute atomic E-state index is 0.0928. The zero-order valence-electron chi connectivity index (χ0n) is 15.9. The highest BCUT2D eigenvalue weighted by atomic mass is 16.2. The van der Waals surface area contributed by atoms with Crippen molar-refractivity contribution >= 4 is 23.2 Å². The Labute approximate surface area is 165 Å². The number of azo groups is 1. The molecule has 0 radical (unpaired) electrons. The third-order valence-corrected chi connectivity index (χ3v) is 4.04. The summed E-state index contributed by atoms with van der Waals surface area (Å²) < 4.78 is 0. The van der Waals surface area contributed by atoms with E-state index in [1.807, 2.05) is 30.3 Å². The molecule has 0 bridgehead atoms. The molecule has 0 saturated heterocycles. The van der Waals surface area contributed by atoms with E-state index in [2.05, 4.69) is 27.4 Å². The number of rotatable bonds is 11. The zero-order valence-corrected chi connectivity index (χ0v) is 15.9. The second kappa shape index (κ2) is 12.2. The normalized spacial score (nSPS) is 10.6. The molecule has 0 aromatic heterocycles. The Hall–Kier alpha value is -3.28. The lowest BCUT2D eigenvalue weighted by Crippen LogP contribution is -2.24. The third-order valence-electron chi connectivity index (χ3n) is 4.04. The SMILES string of the molecule is C=CC(=O)NCCCCCCNC(=O)c1ccc(N=Nc2ccccc2)cc1. The van der Waals surface area contributed by atoms with Crippen LogP contribution >= 0.6 is 0 Å². The summed E-state index contributed by atoms with van der Waals surface area (Å²) in [6, 6.07) is 16.5. The van der Waals surface area contributed by atoms with Gasteiger partial charge in [0.05, 0.1) is 11.4 Å². The monoisotopic (exact) mass is 378 g/mol. The van der Waals surface area contributed by atoms with Gasteiger partial charge in [-0.25, -0.2) is 0 Å². The molecule has 0 heterocycles.